The van der Waals surface area contributed by atoms with Gasteiger partial charge in [0.1, 0.15) is 0 Å². The summed E-state index contributed by atoms with van der Waals surface area (Å²) in [7, 11) is 0. The van der Waals surface area contributed by atoms with Gasteiger partial charge in [0, 0.05) is 31.1 Å². The van der Waals surface area contributed by atoms with Crippen molar-refractivity contribution in [3.05, 3.63) is 52.0 Å². The Balaban J connectivity index is 1.28. The number of hydrogen-bond donors (Lipinski definition) is 0. The lowest BCUT2D eigenvalue weighted by molar-refractivity contribution is 0.00806. The highest BCUT2D eigenvalue weighted by atomic mass is 32.1. The molecular formula is C23H31N3S. The SMILES string of the molecule is Cc1nc(CN2CCC3(CC2)C[C@@H](c2ccccc2)CN(C2CC2)C3)cs1. The normalized spacial score (nSPS) is 26.5. The molecule has 3 aliphatic rings. The van der Waals surface area contributed by atoms with Crippen molar-refractivity contribution in [3.63, 3.8) is 0 Å². The fraction of sp³-hybridized carbons (Fsp3) is 0.609. The molecule has 27 heavy (non-hydrogen) atoms. The molecule has 1 aromatic heterocycles. The van der Waals surface area contributed by atoms with E-state index in [-0.39, 0.29) is 0 Å². The second-order valence-electron chi connectivity index (χ2n) is 9.11. The van der Waals surface area contributed by atoms with Gasteiger partial charge in [-0.05, 0) is 69.0 Å². The van der Waals surface area contributed by atoms with Crippen LogP contribution in [0.5, 0.6) is 0 Å². The number of aromatic nitrogens is 1. The molecule has 2 saturated heterocycles. The Morgan fingerprint density at radius 1 is 1.15 bits per heavy atom. The number of nitrogens with zero attached hydrogens (tertiary/aromatic N) is 3. The van der Waals surface area contributed by atoms with Gasteiger partial charge in [0.15, 0.2) is 0 Å². The number of benzene rings is 1. The molecule has 1 aliphatic carbocycles. The largest absolute Gasteiger partial charge is 0.299 e. The van der Waals surface area contributed by atoms with Gasteiger partial charge in [-0.1, -0.05) is 30.3 Å². The molecule has 0 amide bonds. The Bertz CT molecular complexity index is 759. The van der Waals surface area contributed by atoms with Gasteiger partial charge in [-0.25, -0.2) is 4.98 Å². The number of piperidine rings is 2. The lowest BCUT2D eigenvalue weighted by atomic mass is 9.68. The van der Waals surface area contributed by atoms with E-state index in [0.29, 0.717) is 11.3 Å². The number of hydrogen-bond acceptors (Lipinski definition) is 4. The van der Waals surface area contributed by atoms with Crippen LogP contribution in [0.3, 0.4) is 0 Å². The van der Waals surface area contributed by atoms with Gasteiger partial charge in [-0.15, -0.1) is 11.3 Å². The topological polar surface area (TPSA) is 19.4 Å². The molecule has 2 aromatic rings. The first-order chi connectivity index (χ1) is 13.2. The Kier molecular flexibility index (Phi) is 4.83. The monoisotopic (exact) mass is 381 g/mol. The van der Waals surface area contributed by atoms with E-state index < -0.39 is 0 Å². The van der Waals surface area contributed by atoms with E-state index in [0.717, 1.165) is 12.6 Å². The molecule has 0 bridgehead atoms. The van der Waals surface area contributed by atoms with Crippen molar-refractivity contribution in [2.75, 3.05) is 26.2 Å². The van der Waals surface area contributed by atoms with E-state index in [2.05, 4.69) is 57.4 Å². The summed E-state index contributed by atoms with van der Waals surface area (Å²) in [6.07, 6.45) is 6.93. The van der Waals surface area contributed by atoms with Gasteiger partial charge in [0.25, 0.3) is 0 Å². The van der Waals surface area contributed by atoms with Crippen LogP contribution in [0.2, 0.25) is 0 Å². The average Bonchev–Trinajstić information content (AvgIpc) is 3.47. The van der Waals surface area contributed by atoms with Crippen molar-refractivity contribution in [2.45, 2.75) is 57.5 Å². The molecule has 0 unspecified atom stereocenters. The highest BCUT2D eigenvalue weighted by molar-refractivity contribution is 7.09. The third kappa shape index (κ3) is 3.98. The zero-order valence-electron chi connectivity index (χ0n) is 16.4. The molecule has 3 nitrogen and oxygen atoms in total. The van der Waals surface area contributed by atoms with Crippen LogP contribution in [0, 0.1) is 12.3 Å². The first kappa shape index (κ1) is 17.8. The number of aryl methyl sites for hydroxylation is 1. The lowest BCUT2D eigenvalue weighted by Crippen LogP contribution is -2.52. The van der Waals surface area contributed by atoms with Crippen LogP contribution in [-0.2, 0) is 6.54 Å². The second kappa shape index (κ2) is 7.31. The van der Waals surface area contributed by atoms with Crippen LogP contribution in [0.15, 0.2) is 35.7 Å². The van der Waals surface area contributed by atoms with E-state index in [4.69, 9.17) is 0 Å². The van der Waals surface area contributed by atoms with Crippen LogP contribution in [0.25, 0.3) is 0 Å². The minimum absolute atomic E-state index is 0.524. The van der Waals surface area contributed by atoms with Crippen molar-refractivity contribution >= 4 is 11.3 Å². The smallest absolute Gasteiger partial charge is 0.0897 e. The van der Waals surface area contributed by atoms with Crippen molar-refractivity contribution in [3.8, 4) is 0 Å². The van der Waals surface area contributed by atoms with E-state index in [1.165, 1.54) is 69.0 Å². The van der Waals surface area contributed by atoms with E-state index in [9.17, 15) is 0 Å². The van der Waals surface area contributed by atoms with E-state index in [1.807, 2.05) is 0 Å². The highest BCUT2D eigenvalue weighted by Crippen LogP contribution is 2.47. The number of thiazole rings is 1. The Labute approximate surface area is 167 Å². The summed E-state index contributed by atoms with van der Waals surface area (Å²) < 4.78 is 0. The molecule has 5 rings (SSSR count). The van der Waals surface area contributed by atoms with Crippen LogP contribution < -0.4 is 0 Å². The first-order valence-electron chi connectivity index (χ1n) is 10.6. The van der Waals surface area contributed by atoms with E-state index >= 15 is 0 Å². The maximum absolute atomic E-state index is 4.67. The average molecular weight is 382 g/mol. The Hall–Kier alpha value is -1.23. The molecule has 0 N–H and O–H groups in total. The summed E-state index contributed by atoms with van der Waals surface area (Å²) in [6, 6.07) is 12.2. The third-order valence-corrected chi connectivity index (χ3v) is 7.80. The molecule has 1 atom stereocenters. The lowest BCUT2D eigenvalue weighted by Gasteiger charge is -2.50. The summed E-state index contributed by atoms with van der Waals surface area (Å²) in [5, 5.41) is 3.43. The first-order valence-corrected chi connectivity index (χ1v) is 11.5. The Morgan fingerprint density at radius 2 is 1.93 bits per heavy atom. The van der Waals surface area contributed by atoms with Crippen LogP contribution in [0.4, 0.5) is 0 Å². The second-order valence-corrected chi connectivity index (χ2v) is 10.2. The zero-order valence-corrected chi connectivity index (χ0v) is 17.3. The summed E-state index contributed by atoms with van der Waals surface area (Å²) in [4.78, 5) is 10.2. The van der Waals surface area contributed by atoms with Gasteiger partial charge < -0.3 is 0 Å². The molecule has 3 heterocycles. The number of likely N-dealkylation sites (tertiary alicyclic amines) is 2. The molecule has 144 valence electrons. The minimum Gasteiger partial charge on any atom is -0.299 e. The van der Waals surface area contributed by atoms with Crippen molar-refractivity contribution < 1.29 is 0 Å². The number of rotatable bonds is 4. The van der Waals surface area contributed by atoms with Crippen LogP contribution >= 0.6 is 11.3 Å². The van der Waals surface area contributed by atoms with Crippen molar-refractivity contribution in [2.24, 2.45) is 5.41 Å². The molecule has 3 fully saturated rings. The summed E-state index contributed by atoms with van der Waals surface area (Å²) >= 11 is 1.78. The fourth-order valence-corrected chi connectivity index (χ4v) is 5.96. The fourth-order valence-electron chi connectivity index (χ4n) is 5.35. The molecule has 4 heteroatoms. The molecule has 1 saturated carbocycles. The zero-order chi connectivity index (χ0) is 18.3. The quantitative estimate of drug-likeness (QED) is 0.766. The van der Waals surface area contributed by atoms with Crippen molar-refractivity contribution in [1.82, 2.24) is 14.8 Å². The van der Waals surface area contributed by atoms with Crippen molar-refractivity contribution in [1.29, 1.82) is 0 Å². The summed E-state index contributed by atoms with van der Waals surface area (Å²) in [5.41, 5.74) is 3.34. The van der Waals surface area contributed by atoms with Gasteiger partial charge in [0.2, 0.25) is 0 Å². The van der Waals surface area contributed by atoms with Gasteiger partial charge in [-0.2, -0.15) is 0 Å². The third-order valence-electron chi connectivity index (χ3n) is 6.98. The predicted octanol–water partition coefficient (Wildman–Crippen LogP) is 4.69. The van der Waals surface area contributed by atoms with Crippen LogP contribution in [0.1, 0.15) is 54.3 Å². The molecule has 1 aromatic carbocycles. The van der Waals surface area contributed by atoms with Crippen LogP contribution in [-0.4, -0.2) is 47.0 Å². The highest BCUT2D eigenvalue weighted by Gasteiger charge is 2.45. The molecule has 1 spiro atoms. The molecule has 2 aliphatic heterocycles. The summed E-state index contributed by atoms with van der Waals surface area (Å²) in [6.45, 7) is 8.22. The standard InChI is InChI=1S/C23H31N3S/c1-18-24-21(16-27-18)15-25-11-9-23(10-12-25)13-20(19-5-3-2-4-6-19)14-26(17-23)22-7-8-22/h2-6,16,20,22H,7-15,17H2,1H3/t20-/m1/s1. The maximum Gasteiger partial charge on any atom is 0.0897 e. The maximum atomic E-state index is 4.67. The van der Waals surface area contributed by atoms with Gasteiger partial charge in [0.05, 0.1) is 10.7 Å². The summed E-state index contributed by atoms with van der Waals surface area (Å²) in [5.74, 6) is 0.716. The molecular weight excluding hydrogens is 350 g/mol. The van der Waals surface area contributed by atoms with Gasteiger partial charge >= 0.3 is 0 Å². The molecule has 0 radical (unpaired) electrons. The Morgan fingerprint density at radius 3 is 2.59 bits per heavy atom. The van der Waals surface area contributed by atoms with E-state index in [1.54, 1.807) is 16.9 Å². The predicted molar refractivity (Wildman–Crippen MR) is 112 cm³/mol. The van der Waals surface area contributed by atoms with Gasteiger partial charge in [-0.3, -0.25) is 9.80 Å². The minimum atomic E-state index is 0.524.